The number of ether oxygens (including phenoxy) is 1. The molecule has 0 fully saturated rings. The van der Waals surface area contributed by atoms with E-state index in [1.165, 1.54) is 25.3 Å². The van der Waals surface area contributed by atoms with Crippen molar-refractivity contribution < 1.29 is 46.1 Å². The number of carboxylic acids is 1. The van der Waals surface area contributed by atoms with Crippen LogP contribution in [0.2, 0.25) is 0 Å². The Bertz CT molecular complexity index is 1610. The molecular weight excluding hydrogens is 529 g/mol. The number of alkyl halides is 3. The van der Waals surface area contributed by atoms with Crippen LogP contribution in [0.15, 0.2) is 83.9 Å². The third-order valence-electron chi connectivity index (χ3n) is 4.98. The first-order chi connectivity index (χ1) is 17.8. The van der Waals surface area contributed by atoms with Crippen LogP contribution in [-0.2, 0) is 19.6 Å². The van der Waals surface area contributed by atoms with E-state index in [-0.39, 0.29) is 21.9 Å². The molecular formula is C25H19F3N2O7S. The number of fused-ring (bicyclic) bond motifs is 1. The number of aromatic nitrogens is 1. The minimum absolute atomic E-state index is 0.0572. The number of carboxylic acid groups (broad SMARTS) is 1. The monoisotopic (exact) mass is 548 g/mol. The third-order valence-corrected chi connectivity index (χ3v) is 6.36. The number of halogens is 3. The van der Waals surface area contributed by atoms with Gasteiger partial charge in [-0.1, -0.05) is 24.3 Å². The van der Waals surface area contributed by atoms with Crippen LogP contribution in [-0.4, -0.2) is 48.8 Å². The lowest BCUT2D eigenvalue weighted by atomic mass is 10.0. The highest BCUT2D eigenvalue weighted by atomic mass is 32.2. The molecule has 9 nitrogen and oxygen atoms in total. The molecule has 1 aromatic heterocycles. The number of hydrogen-bond donors (Lipinski definition) is 3. The Hall–Kier alpha value is -4.65. The number of sulfonamides is 1. The summed E-state index contributed by atoms with van der Waals surface area (Å²) in [6.45, 7) is 0. The summed E-state index contributed by atoms with van der Waals surface area (Å²) in [5.74, 6) is -3.86. The fraction of sp³-hybridized carbons (Fsp3) is 0.0800. The summed E-state index contributed by atoms with van der Waals surface area (Å²) >= 11 is 0. The maximum absolute atomic E-state index is 12.9. The van der Waals surface area contributed by atoms with E-state index in [0.29, 0.717) is 0 Å². The molecule has 13 heteroatoms. The van der Waals surface area contributed by atoms with Gasteiger partial charge in [0.15, 0.2) is 0 Å². The molecule has 0 atom stereocenters. The lowest BCUT2D eigenvalue weighted by Gasteiger charge is -2.11. The predicted molar refractivity (Wildman–Crippen MR) is 131 cm³/mol. The van der Waals surface area contributed by atoms with Gasteiger partial charge >= 0.3 is 18.1 Å². The van der Waals surface area contributed by atoms with Gasteiger partial charge in [-0.3, -0.25) is 9.71 Å². The largest absolute Gasteiger partial charge is 0.507 e. The number of anilines is 1. The second kappa shape index (κ2) is 11.2. The second-order valence-corrected chi connectivity index (χ2v) is 9.25. The molecule has 0 saturated carbocycles. The van der Waals surface area contributed by atoms with Crippen LogP contribution in [0, 0.1) is 0 Å². The average Bonchev–Trinajstić information content (AvgIpc) is 2.87. The van der Waals surface area contributed by atoms with Gasteiger partial charge in [-0.05, 0) is 53.6 Å². The number of carbonyl (C=O) groups is 2. The van der Waals surface area contributed by atoms with Gasteiger partial charge in [0.2, 0.25) is 0 Å². The molecule has 0 aliphatic rings. The zero-order valence-corrected chi connectivity index (χ0v) is 20.2. The van der Waals surface area contributed by atoms with Crippen LogP contribution in [0.25, 0.3) is 22.0 Å². The quantitative estimate of drug-likeness (QED) is 0.301. The van der Waals surface area contributed by atoms with Crippen LogP contribution in [0.5, 0.6) is 5.75 Å². The summed E-state index contributed by atoms with van der Waals surface area (Å²) in [4.78, 5) is 24.8. The highest BCUT2D eigenvalue weighted by Crippen LogP contribution is 2.28. The van der Waals surface area contributed by atoms with E-state index in [1.54, 1.807) is 18.3 Å². The Morgan fingerprint density at radius 3 is 2.26 bits per heavy atom. The van der Waals surface area contributed by atoms with Crippen molar-refractivity contribution in [3.05, 3.63) is 84.6 Å². The van der Waals surface area contributed by atoms with Crippen molar-refractivity contribution in [2.45, 2.75) is 11.1 Å². The van der Waals surface area contributed by atoms with Crippen molar-refractivity contribution in [3.8, 4) is 16.9 Å². The van der Waals surface area contributed by atoms with Gasteiger partial charge < -0.3 is 14.9 Å². The Morgan fingerprint density at radius 1 is 0.947 bits per heavy atom. The molecule has 0 aliphatic carbocycles. The molecule has 4 aromatic rings. The molecule has 0 radical (unpaired) electrons. The molecule has 3 aromatic carbocycles. The maximum Gasteiger partial charge on any atom is 0.490 e. The minimum atomic E-state index is -5.08. The summed E-state index contributed by atoms with van der Waals surface area (Å²) in [6, 6.07) is 19.9. The van der Waals surface area contributed by atoms with Crippen LogP contribution < -0.4 is 4.72 Å². The minimum Gasteiger partial charge on any atom is -0.507 e. The molecule has 38 heavy (non-hydrogen) atoms. The normalized spacial score (nSPS) is 11.3. The number of phenols is 1. The summed E-state index contributed by atoms with van der Waals surface area (Å²) in [6.07, 6.45) is -3.36. The van der Waals surface area contributed by atoms with Gasteiger partial charge in [-0.15, -0.1) is 0 Å². The van der Waals surface area contributed by atoms with Gasteiger partial charge in [-0.25, -0.2) is 18.0 Å². The predicted octanol–water partition coefficient (Wildman–Crippen LogP) is 4.83. The number of benzene rings is 3. The number of esters is 1. The van der Waals surface area contributed by atoms with E-state index in [9.17, 15) is 31.5 Å². The molecule has 4 rings (SSSR count). The average molecular weight is 548 g/mol. The fourth-order valence-electron chi connectivity index (χ4n) is 3.19. The zero-order chi connectivity index (χ0) is 28.1. The molecule has 0 aliphatic heterocycles. The summed E-state index contributed by atoms with van der Waals surface area (Å²) < 4.78 is 64.5. The van der Waals surface area contributed by atoms with Crippen LogP contribution in [0.4, 0.5) is 18.9 Å². The summed E-state index contributed by atoms with van der Waals surface area (Å²) in [7, 11) is -2.74. The van der Waals surface area contributed by atoms with Gasteiger partial charge in [-0.2, -0.15) is 13.2 Å². The number of nitrogens with one attached hydrogen (secondary N) is 1. The molecule has 3 N–H and O–H groups in total. The van der Waals surface area contributed by atoms with E-state index < -0.39 is 28.1 Å². The summed E-state index contributed by atoms with van der Waals surface area (Å²) in [5.41, 5.74) is 2.51. The smallest absolute Gasteiger partial charge is 0.490 e. The van der Waals surface area contributed by atoms with Crippen molar-refractivity contribution >= 4 is 38.6 Å². The standard InChI is InChI=1S/C23H18N2O5S.C2HF3O2/c1-30-23(27)20-9-8-18(14-22(20)26)25-31(28,29)19-6-2-4-15(13-19)16-7-10-21-17(12-16)5-3-11-24-21;3-2(4,5)1(6)7/h2-14,25-26H,1H3;(H,6,7). The first-order valence-corrected chi connectivity index (χ1v) is 12.0. The number of phenolic OH excluding ortho intramolecular Hbond substituents is 1. The maximum atomic E-state index is 12.9. The number of carbonyl (C=O) groups excluding carboxylic acids is 1. The molecule has 0 amide bonds. The number of aliphatic carboxylic acids is 1. The molecule has 198 valence electrons. The van der Waals surface area contributed by atoms with Gasteiger partial charge in [0, 0.05) is 17.6 Å². The summed E-state index contributed by atoms with van der Waals surface area (Å²) in [5, 5.41) is 18.1. The first-order valence-electron chi connectivity index (χ1n) is 10.5. The molecule has 0 bridgehead atoms. The molecule has 1 heterocycles. The number of aromatic hydroxyl groups is 1. The molecule has 0 unspecified atom stereocenters. The number of methoxy groups -OCH3 is 1. The number of rotatable bonds is 5. The second-order valence-electron chi connectivity index (χ2n) is 7.57. The number of nitrogens with zero attached hydrogens (tertiary/aromatic N) is 1. The van der Waals surface area contributed by atoms with Crippen molar-refractivity contribution in [2.75, 3.05) is 11.8 Å². The topological polar surface area (TPSA) is 143 Å². The van der Waals surface area contributed by atoms with Gasteiger partial charge in [0.05, 0.1) is 23.2 Å². The highest BCUT2D eigenvalue weighted by molar-refractivity contribution is 7.92. The van der Waals surface area contributed by atoms with Crippen LogP contribution in [0.1, 0.15) is 10.4 Å². The van der Waals surface area contributed by atoms with E-state index >= 15 is 0 Å². The highest BCUT2D eigenvalue weighted by Gasteiger charge is 2.38. The van der Waals surface area contributed by atoms with Crippen molar-refractivity contribution in [3.63, 3.8) is 0 Å². The fourth-order valence-corrected chi connectivity index (χ4v) is 4.28. The van der Waals surface area contributed by atoms with Gasteiger partial charge in [0.25, 0.3) is 10.0 Å². The number of pyridine rings is 1. The van der Waals surface area contributed by atoms with Crippen molar-refractivity contribution in [2.24, 2.45) is 0 Å². The molecule has 0 spiro atoms. The Kier molecular flexibility index (Phi) is 8.21. The van der Waals surface area contributed by atoms with Crippen LogP contribution in [0.3, 0.4) is 0 Å². The SMILES string of the molecule is COC(=O)c1ccc(NS(=O)(=O)c2cccc(-c3ccc4ncccc4c3)c2)cc1O.O=C(O)C(F)(F)F. The van der Waals surface area contributed by atoms with E-state index in [0.717, 1.165) is 28.1 Å². The van der Waals surface area contributed by atoms with E-state index in [2.05, 4.69) is 14.4 Å². The van der Waals surface area contributed by atoms with Gasteiger partial charge in [0.1, 0.15) is 11.3 Å². The Labute approximate surface area is 214 Å². The zero-order valence-electron chi connectivity index (χ0n) is 19.4. The van der Waals surface area contributed by atoms with Crippen molar-refractivity contribution in [1.82, 2.24) is 4.98 Å². The third kappa shape index (κ3) is 6.76. The Balaban J connectivity index is 0.000000505. The van der Waals surface area contributed by atoms with Crippen molar-refractivity contribution in [1.29, 1.82) is 0 Å². The molecule has 0 saturated heterocycles. The lowest BCUT2D eigenvalue weighted by Crippen LogP contribution is -2.21. The van der Waals surface area contributed by atoms with Crippen LogP contribution >= 0.6 is 0 Å². The lowest BCUT2D eigenvalue weighted by molar-refractivity contribution is -0.192. The van der Waals surface area contributed by atoms with E-state index in [4.69, 9.17) is 9.90 Å². The number of hydrogen-bond acceptors (Lipinski definition) is 7. The Morgan fingerprint density at radius 2 is 1.63 bits per heavy atom. The van der Waals surface area contributed by atoms with E-state index in [1.807, 2.05) is 36.4 Å². The first kappa shape index (κ1) is 27.9.